The summed E-state index contributed by atoms with van der Waals surface area (Å²) < 4.78 is 0. The number of anilines is 1. The summed E-state index contributed by atoms with van der Waals surface area (Å²) >= 11 is 6.21. The summed E-state index contributed by atoms with van der Waals surface area (Å²) in [6.07, 6.45) is 3.48. The van der Waals surface area contributed by atoms with Crippen molar-refractivity contribution in [3.63, 3.8) is 0 Å². The molecule has 11 heteroatoms. The molecule has 0 bridgehead atoms. The molecule has 0 spiro atoms. The summed E-state index contributed by atoms with van der Waals surface area (Å²) in [5.74, 6) is -1.21. The Bertz CT molecular complexity index is 1420. The van der Waals surface area contributed by atoms with Gasteiger partial charge in [0, 0.05) is 54.4 Å². The minimum atomic E-state index is -0.692. The molecule has 2 aromatic rings. The van der Waals surface area contributed by atoms with Crippen molar-refractivity contribution in [1.82, 2.24) is 20.4 Å². The molecule has 2 N–H and O–H groups in total. The molecule has 3 heterocycles. The highest BCUT2D eigenvalue weighted by molar-refractivity contribution is 6.31. The van der Waals surface area contributed by atoms with Crippen molar-refractivity contribution in [2.45, 2.75) is 51.2 Å². The molecule has 41 heavy (non-hydrogen) atoms. The molecule has 1 unspecified atom stereocenters. The molecule has 3 aliphatic rings. The first-order valence-electron chi connectivity index (χ1n) is 13.8. The lowest BCUT2D eigenvalue weighted by atomic mass is 10.0. The molecule has 1 atom stereocenters. The number of hydrogen-bond acceptors (Lipinski definition) is 5. The summed E-state index contributed by atoms with van der Waals surface area (Å²) in [4.78, 5) is 68.0. The first kappa shape index (κ1) is 28.4. The third-order valence-corrected chi connectivity index (χ3v) is 7.93. The number of rotatable bonds is 7. The highest BCUT2D eigenvalue weighted by Gasteiger charge is 2.39. The highest BCUT2D eigenvalue weighted by atomic mass is 35.5. The Morgan fingerprint density at radius 2 is 1.85 bits per heavy atom. The van der Waals surface area contributed by atoms with E-state index in [9.17, 15) is 24.0 Å². The molecular weight excluding hydrogens is 546 g/mol. The second-order valence-corrected chi connectivity index (χ2v) is 11.0. The van der Waals surface area contributed by atoms with Crippen molar-refractivity contribution in [3.05, 3.63) is 76.3 Å². The predicted octanol–water partition coefficient (Wildman–Crippen LogP) is 3.39. The Balaban J connectivity index is 1.26. The van der Waals surface area contributed by atoms with Crippen LogP contribution in [0.15, 0.2) is 54.6 Å². The van der Waals surface area contributed by atoms with Gasteiger partial charge in [0.25, 0.3) is 11.8 Å². The molecule has 2 aromatic carbocycles. The fraction of sp³-hybridized carbons (Fsp3) is 0.367. The number of nitrogens with zero attached hydrogens (tertiary/aromatic N) is 3. The van der Waals surface area contributed by atoms with Gasteiger partial charge in [0.05, 0.1) is 6.54 Å². The van der Waals surface area contributed by atoms with Crippen LogP contribution in [-0.4, -0.2) is 65.1 Å². The maximum absolute atomic E-state index is 13.4. The zero-order valence-electron chi connectivity index (χ0n) is 22.7. The number of carbonyl (C=O) groups excluding carboxylic acids is 5. The van der Waals surface area contributed by atoms with Crippen LogP contribution in [0, 0.1) is 0 Å². The van der Waals surface area contributed by atoms with Crippen molar-refractivity contribution in [2.24, 2.45) is 0 Å². The number of fused-ring (bicyclic) bond motifs is 1. The number of urea groups is 1. The number of piperidine rings is 2. The van der Waals surface area contributed by atoms with Gasteiger partial charge in [0.15, 0.2) is 0 Å². The molecule has 0 radical (unpaired) electrons. The van der Waals surface area contributed by atoms with Crippen molar-refractivity contribution in [2.75, 3.05) is 24.5 Å². The van der Waals surface area contributed by atoms with Gasteiger partial charge in [-0.25, -0.2) is 4.79 Å². The number of imide groups is 1. The number of carbonyl (C=O) groups is 5. The van der Waals surface area contributed by atoms with E-state index >= 15 is 0 Å². The Kier molecular flexibility index (Phi) is 8.39. The summed E-state index contributed by atoms with van der Waals surface area (Å²) in [5.41, 5.74) is 2.86. The molecule has 10 nitrogen and oxygen atoms in total. The van der Waals surface area contributed by atoms with Crippen molar-refractivity contribution >= 4 is 46.9 Å². The van der Waals surface area contributed by atoms with Gasteiger partial charge in [-0.1, -0.05) is 36.4 Å². The number of amides is 6. The van der Waals surface area contributed by atoms with E-state index in [0.29, 0.717) is 34.9 Å². The first-order chi connectivity index (χ1) is 19.7. The van der Waals surface area contributed by atoms with E-state index in [1.807, 2.05) is 6.07 Å². The number of nitrogens with one attached hydrogen (secondary N) is 2. The topological polar surface area (TPSA) is 119 Å². The zero-order chi connectivity index (χ0) is 29.1. The van der Waals surface area contributed by atoms with Crippen molar-refractivity contribution in [1.29, 1.82) is 0 Å². The van der Waals surface area contributed by atoms with E-state index in [1.165, 1.54) is 9.80 Å². The lowest BCUT2D eigenvalue weighted by molar-refractivity contribution is -0.137. The molecule has 0 aromatic heterocycles. The zero-order valence-corrected chi connectivity index (χ0v) is 23.4. The molecule has 0 aliphatic carbocycles. The van der Waals surface area contributed by atoms with Gasteiger partial charge in [0.1, 0.15) is 6.04 Å². The maximum Gasteiger partial charge on any atom is 0.322 e. The van der Waals surface area contributed by atoms with Crippen LogP contribution in [0.25, 0.3) is 0 Å². The van der Waals surface area contributed by atoms with Gasteiger partial charge in [-0.05, 0) is 61.1 Å². The highest BCUT2D eigenvalue weighted by Crippen LogP contribution is 2.28. The fourth-order valence-corrected chi connectivity index (χ4v) is 5.70. The Morgan fingerprint density at radius 1 is 1.07 bits per heavy atom. The van der Waals surface area contributed by atoms with E-state index in [0.717, 1.165) is 30.4 Å². The lowest BCUT2D eigenvalue weighted by Gasteiger charge is -2.29. The minimum absolute atomic E-state index is 0.00111. The SMILES string of the molecule is C=C(CN(C(=O)NCc1ccc2c(c1)CN(C1CCC(=O)NC1=O)C2=O)c1cccc(Cl)c1)C(=O)N1CCCCC1. The van der Waals surface area contributed by atoms with Gasteiger partial charge in [-0.15, -0.1) is 0 Å². The van der Waals surface area contributed by atoms with Crippen LogP contribution in [0.4, 0.5) is 10.5 Å². The predicted molar refractivity (Wildman–Crippen MR) is 153 cm³/mol. The van der Waals surface area contributed by atoms with Gasteiger partial charge in [0.2, 0.25) is 11.8 Å². The molecule has 2 saturated heterocycles. The van der Waals surface area contributed by atoms with Gasteiger partial charge >= 0.3 is 6.03 Å². The largest absolute Gasteiger partial charge is 0.339 e. The monoisotopic (exact) mass is 577 g/mol. The Labute approximate surface area is 243 Å². The van der Waals surface area contributed by atoms with Crippen LogP contribution in [0.3, 0.4) is 0 Å². The summed E-state index contributed by atoms with van der Waals surface area (Å²) in [7, 11) is 0. The second-order valence-electron chi connectivity index (χ2n) is 10.6. The fourth-order valence-electron chi connectivity index (χ4n) is 5.51. The Morgan fingerprint density at radius 3 is 2.59 bits per heavy atom. The number of benzene rings is 2. The smallest absolute Gasteiger partial charge is 0.322 e. The van der Waals surface area contributed by atoms with Gasteiger partial charge in [-0.2, -0.15) is 0 Å². The van der Waals surface area contributed by atoms with E-state index in [4.69, 9.17) is 11.6 Å². The molecule has 2 fully saturated rings. The number of halogens is 1. The molecule has 6 amide bonds. The van der Waals surface area contributed by atoms with Crippen LogP contribution in [0.5, 0.6) is 0 Å². The molecule has 5 rings (SSSR count). The quantitative estimate of drug-likeness (QED) is 0.386. The molecule has 3 aliphatic heterocycles. The van der Waals surface area contributed by atoms with E-state index in [2.05, 4.69) is 17.2 Å². The van der Waals surface area contributed by atoms with Crippen molar-refractivity contribution in [3.8, 4) is 0 Å². The maximum atomic E-state index is 13.4. The summed E-state index contributed by atoms with van der Waals surface area (Å²) in [6, 6.07) is 11.0. The number of hydrogen-bond donors (Lipinski definition) is 2. The lowest BCUT2D eigenvalue weighted by Crippen LogP contribution is -2.52. The average Bonchev–Trinajstić information content (AvgIpc) is 3.29. The van der Waals surface area contributed by atoms with Gasteiger partial charge in [-0.3, -0.25) is 29.4 Å². The van der Waals surface area contributed by atoms with E-state index in [-0.39, 0.29) is 50.2 Å². The van der Waals surface area contributed by atoms with Crippen LogP contribution >= 0.6 is 11.6 Å². The minimum Gasteiger partial charge on any atom is -0.339 e. The van der Waals surface area contributed by atoms with E-state index in [1.54, 1.807) is 41.3 Å². The summed E-state index contributed by atoms with van der Waals surface area (Å²) in [6.45, 7) is 5.77. The second kappa shape index (κ2) is 12.1. The standard InChI is InChI=1S/C30H32ClN5O5/c1-19(28(39)34-12-3-2-4-13-34)17-35(23-7-5-6-22(31)15-23)30(41)32-16-20-8-9-24-21(14-20)18-36(29(24)40)25-10-11-26(37)33-27(25)38/h5-9,14-15,25H,1-4,10-13,16-18H2,(H,32,41)(H,33,37,38). The van der Waals surface area contributed by atoms with Crippen LogP contribution in [-0.2, 0) is 27.5 Å². The van der Waals surface area contributed by atoms with Crippen LogP contribution in [0.1, 0.15) is 53.6 Å². The number of likely N-dealkylation sites (tertiary alicyclic amines) is 1. The van der Waals surface area contributed by atoms with Crippen LogP contribution in [0.2, 0.25) is 5.02 Å². The third-order valence-electron chi connectivity index (χ3n) is 7.69. The van der Waals surface area contributed by atoms with Gasteiger partial charge < -0.3 is 15.1 Å². The molecular formula is C30H32ClN5O5. The molecule has 0 saturated carbocycles. The van der Waals surface area contributed by atoms with Crippen LogP contribution < -0.4 is 15.5 Å². The summed E-state index contributed by atoms with van der Waals surface area (Å²) in [5, 5.41) is 5.67. The third kappa shape index (κ3) is 6.27. The van der Waals surface area contributed by atoms with E-state index < -0.39 is 18.0 Å². The average molecular weight is 578 g/mol. The van der Waals surface area contributed by atoms with Crippen molar-refractivity contribution < 1.29 is 24.0 Å². The Hall–Kier alpha value is -4.18. The first-order valence-corrected chi connectivity index (χ1v) is 14.1. The molecule has 214 valence electrons. The normalized spacial score (nSPS) is 18.6.